The van der Waals surface area contributed by atoms with Crippen molar-refractivity contribution in [3.63, 3.8) is 0 Å². The molecule has 1 heterocycles. The minimum atomic E-state index is -3.90. The number of nitrogens with zero attached hydrogens (tertiary/aromatic N) is 2. The topological polar surface area (TPSA) is 82.0 Å². The molecule has 1 aromatic rings. The molecular weight excluding hydrogens is 228 g/mol. The van der Waals surface area contributed by atoms with Crippen LogP contribution in [0.3, 0.4) is 0 Å². The zero-order valence-electron chi connectivity index (χ0n) is 8.70. The molecule has 0 aliphatic rings. The Kier molecular flexibility index (Phi) is 4.40. The standard InChI is InChI=1S/C10H12N2O3S/c11-6-5-10-4-1-2-7-12(10)8-3-9-16(13,14)15/h1-2,4,7H,3,5,8-9H2/p+1. The van der Waals surface area contributed by atoms with Crippen molar-refractivity contribution in [3.05, 3.63) is 30.1 Å². The molecule has 0 aromatic carbocycles. The lowest BCUT2D eigenvalue weighted by Gasteiger charge is -2.00. The SMILES string of the molecule is N#CCc1cccc[n+]1CCCS(=O)(=O)O. The molecule has 0 fully saturated rings. The predicted octanol–water partition coefficient (Wildman–Crippen LogP) is 0.318. The molecule has 0 bridgehead atoms. The van der Waals surface area contributed by atoms with Gasteiger partial charge in [0.2, 0.25) is 0 Å². The van der Waals surface area contributed by atoms with Gasteiger partial charge in [0, 0.05) is 18.6 Å². The van der Waals surface area contributed by atoms with E-state index in [4.69, 9.17) is 9.81 Å². The van der Waals surface area contributed by atoms with Gasteiger partial charge >= 0.3 is 0 Å². The first-order chi connectivity index (χ1) is 7.53. The highest BCUT2D eigenvalue weighted by Crippen LogP contribution is 1.94. The molecule has 0 aliphatic carbocycles. The molecule has 0 amide bonds. The number of hydrogen-bond donors (Lipinski definition) is 1. The summed E-state index contributed by atoms with van der Waals surface area (Å²) < 4.78 is 31.4. The van der Waals surface area contributed by atoms with Crippen molar-refractivity contribution in [2.24, 2.45) is 0 Å². The van der Waals surface area contributed by atoms with Gasteiger partial charge in [0.15, 0.2) is 11.9 Å². The molecule has 0 spiro atoms. The Bertz CT molecular complexity index is 491. The van der Waals surface area contributed by atoms with E-state index < -0.39 is 10.1 Å². The van der Waals surface area contributed by atoms with Gasteiger partial charge < -0.3 is 0 Å². The van der Waals surface area contributed by atoms with E-state index in [1.807, 2.05) is 28.8 Å². The second-order valence-electron chi connectivity index (χ2n) is 3.36. The van der Waals surface area contributed by atoms with E-state index in [2.05, 4.69) is 0 Å². The Hall–Kier alpha value is -1.45. The van der Waals surface area contributed by atoms with Crippen molar-refractivity contribution in [3.8, 4) is 6.07 Å². The molecule has 86 valence electrons. The Balaban J connectivity index is 2.63. The average Bonchev–Trinajstić information content (AvgIpc) is 2.19. The summed E-state index contributed by atoms with van der Waals surface area (Å²) in [6.45, 7) is 0.470. The lowest BCUT2D eigenvalue weighted by Crippen LogP contribution is -2.38. The van der Waals surface area contributed by atoms with Gasteiger partial charge in [-0.15, -0.1) is 0 Å². The number of hydrogen-bond acceptors (Lipinski definition) is 3. The highest BCUT2D eigenvalue weighted by atomic mass is 32.2. The highest BCUT2D eigenvalue weighted by Gasteiger charge is 2.11. The molecule has 1 aromatic heterocycles. The number of pyridine rings is 1. The third-order valence-corrected chi connectivity index (χ3v) is 2.90. The van der Waals surface area contributed by atoms with Gasteiger partial charge in [0.1, 0.15) is 13.0 Å². The first-order valence-corrected chi connectivity index (χ1v) is 6.43. The van der Waals surface area contributed by atoms with E-state index >= 15 is 0 Å². The van der Waals surface area contributed by atoms with Gasteiger partial charge in [-0.1, -0.05) is 6.07 Å². The molecule has 0 saturated carbocycles. The van der Waals surface area contributed by atoms with Crippen molar-refractivity contribution >= 4 is 10.1 Å². The molecule has 0 saturated heterocycles. The van der Waals surface area contributed by atoms with Crippen LogP contribution in [0, 0.1) is 11.3 Å². The fourth-order valence-corrected chi connectivity index (χ4v) is 1.88. The lowest BCUT2D eigenvalue weighted by molar-refractivity contribution is -0.703. The summed E-state index contributed by atoms with van der Waals surface area (Å²) in [5.74, 6) is -0.263. The fraction of sp³-hybridized carbons (Fsp3) is 0.400. The molecule has 0 aliphatic heterocycles. The third-order valence-electron chi connectivity index (χ3n) is 2.10. The smallest absolute Gasteiger partial charge is 0.265 e. The van der Waals surface area contributed by atoms with E-state index in [0.717, 1.165) is 5.69 Å². The summed E-state index contributed by atoms with van der Waals surface area (Å²) >= 11 is 0. The summed E-state index contributed by atoms with van der Waals surface area (Å²) in [7, 11) is -3.90. The predicted molar refractivity (Wildman–Crippen MR) is 57.0 cm³/mol. The largest absolute Gasteiger partial charge is 0.286 e. The van der Waals surface area contributed by atoms with Crippen LogP contribution in [0.15, 0.2) is 24.4 Å². The fourth-order valence-electron chi connectivity index (χ4n) is 1.39. The summed E-state index contributed by atoms with van der Waals surface area (Å²) in [5, 5.41) is 8.60. The van der Waals surface area contributed by atoms with E-state index in [1.165, 1.54) is 0 Å². The number of aryl methyl sites for hydroxylation is 1. The van der Waals surface area contributed by atoms with Crippen LogP contribution >= 0.6 is 0 Å². The minimum Gasteiger partial charge on any atom is -0.286 e. The zero-order chi connectivity index (χ0) is 12.0. The van der Waals surface area contributed by atoms with Crippen LogP contribution in [0.4, 0.5) is 0 Å². The summed E-state index contributed by atoms with van der Waals surface area (Å²) in [5.41, 5.74) is 0.834. The molecule has 16 heavy (non-hydrogen) atoms. The normalized spacial score (nSPS) is 11.0. The summed E-state index contributed by atoms with van der Waals surface area (Å²) in [6.07, 6.45) is 2.40. The Morgan fingerprint density at radius 2 is 2.19 bits per heavy atom. The third kappa shape index (κ3) is 4.38. The first-order valence-electron chi connectivity index (χ1n) is 4.82. The average molecular weight is 241 g/mol. The van der Waals surface area contributed by atoms with E-state index in [1.54, 1.807) is 6.20 Å². The van der Waals surface area contributed by atoms with Crippen molar-refractivity contribution in [1.29, 1.82) is 5.26 Å². The van der Waals surface area contributed by atoms with Gasteiger partial charge in [-0.2, -0.15) is 13.7 Å². The molecule has 6 heteroatoms. The maximum atomic E-state index is 10.5. The Morgan fingerprint density at radius 1 is 1.44 bits per heavy atom. The van der Waals surface area contributed by atoms with Crippen molar-refractivity contribution in [2.75, 3.05) is 5.75 Å². The maximum Gasteiger partial charge on any atom is 0.265 e. The van der Waals surface area contributed by atoms with Crippen LogP contribution in [-0.2, 0) is 23.1 Å². The van der Waals surface area contributed by atoms with Crippen LogP contribution in [0.25, 0.3) is 0 Å². The van der Waals surface area contributed by atoms with Gasteiger partial charge in [0.05, 0.1) is 11.8 Å². The molecule has 1 rings (SSSR count). The highest BCUT2D eigenvalue weighted by molar-refractivity contribution is 7.85. The quantitative estimate of drug-likeness (QED) is 0.594. The van der Waals surface area contributed by atoms with Crippen LogP contribution in [0.5, 0.6) is 0 Å². The Morgan fingerprint density at radius 3 is 2.81 bits per heavy atom. The van der Waals surface area contributed by atoms with Crippen LogP contribution < -0.4 is 4.57 Å². The Labute approximate surface area is 94.7 Å². The van der Waals surface area contributed by atoms with Gasteiger partial charge in [-0.3, -0.25) is 4.55 Å². The van der Waals surface area contributed by atoms with E-state index in [0.29, 0.717) is 13.0 Å². The van der Waals surface area contributed by atoms with E-state index in [9.17, 15) is 8.42 Å². The van der Waals surface area contributed by atoms with Crippen molar-refractivity contribution < 1.29 is 17.5 Å². The molecule has 5 nitrogen and oxygen atoms in total. The van der Waals surface area contributed by atoms with Crippen LogP contribution in [0.1, 0.15) is 12.1 Å². The van der Waals surface area contributed by atoms with Gasteiger partial charge in [-0.25, -0.2) is 4.57 Å². The first kappa shape index (κ1) is 12.6. The lowest BCUT2D eigenvalue weighted by atomic mass is 10.2. The van der Waals surface area contributed by atoms with Gasteiger partial charge in [0.25, 0.3) is 10.1 Å². The number of rotatable bonds is 5. The number of nitriles is 1. The minimum absolute atomic E-state index is 0.263. The van der Waals surface area contributed by atoms with Gasteiger partial charge in [-0.05, 0) is 0 Å². The summed E-state index contributed by atoms with van der Waals surface area (Å²) in [6, 6.07) is 7.50. The molecule has 0 atom stereocenters. The second kappa shape index (κ2) is 5.58. The molecule has 0 unspecified atom stereocenters. The zero-order valence-corrected chi connectivity index (χ0v) is 9.52. The molecule has 0 radical (unpaired) electrons. The monoisotopic (exact) mass is 241 g/mol. The van der Waals surface area contributed by atoms with Crippen LogP contribution in [-0.4, -0.2) is 18.7 Å². The molecule has 1 N–H and O–H groups in total. The maximum absolute atomic E-state index is 10.5. The second-order valence-corrected chi connectivity index (χ2v) is 4.93. The van der Waals surface area contributed by atoms with E-state index in [-0.39, 0.29) is 12.2 Å². The number of aromatic nitrogens is 1. The van der Waals surface area contributed by atoms with Crippen molar-refractivity contribution in [2.45, 2.75) is 19.4 Å². The molecular formula is C10H13N2O3S+. The summed E-state index contributed by atoms with van der Waals surface area (Å²) in [4.78, 5) is 0. The van der Waals surface area contributed by atoms with Crippen LogP contribution in [0.2, 0.25) is 0 Å². The van der Waals surface area contributed by atoms with Crippen molar-refractivity contribution in [1.82, 2.24) is 0 Å².